The highest BCUT2D eigenvalue weighted by Crippen LogP contribution is 2.27. The van der Waals surface area contributed by atoms with Gasteiger partial charge in [0.05, 0.1) is 19.2 Å². The van der Waals surface area contributed by atoms with Crippen LogP contribution in [0.1, 0.15) is 6.42 Å². The molecule has 0 saturated heterocycles. The molecule has 122 valence electrons. The number of methoxy groups -OCH3 is 2. The van der Waals surface area contributed by atoms with E-state index in [1.165, 1.54) is 0 Å². The minimum atomic E-state index is -0.0673. The Balaban J connectivity index is 1.79. The summed E-state index contributed by atoms with van der Waals surface area (Å²) in [6.07, 6.45) is 0.343. The maximum atomic E-state index is 11.9. The molecule has 23 heavy (non-hydrogen) atoms. The first-order valence-corrected chi connectivity index (χ1v) is 7.51. The Bertz CT molecular complexity index is 659. The summed E-state index contributed by atoms with van der Waals surface area (Å²) in [5.41, 5.74) is 1.58. The van der Waals surface area contributed by atoms with Crippen molar-refractivity contribution < 1.29 is 14.3 Å². The lowest BCUT2D eigenvalue weighted by Gasteiger charge is -2.09. The third-order valence-electron chi connectivity index (χ3n) is 3.21. The van der Waals surface area contributed by atoms with Crippen molar-refractivity contribution in [2.45, 2.75) is 6.42 Å². The molecule has 0 unspecified atom stereocenters. The fourth-order valence-corrected chi connectivity index (χ4v) is 2.25. The van der Waals surface area contributed by atoms with Gasteiger partial charge in [-0.3, -0.25) is 4.79 Å². The van der Waals surface area contributed by atoms with Crippen LogP contribution in [0.15, 0.2) is 42.5 Å². The number of hydrogen-bond donors (Lipinski definition) is 2. The number of carbonyl (C=O) groups excluding carboxylic acids is 1. The van der Waals surface area contributed by atoms with Gasteiger partial charge in [-0.1, -0.05) is 11.6 Å². The van der Waals surface area contributed by atoms with Crippen LogP contribution < -0.4 is 20.1 Å². The maximum absolute atomic E-state index is 11.9. The molecule has 0 heterocycles. The van der Waals surface area contributed by atoms with Crippen LogP contribution in [-0.2, 0) is 4.79 Å². The number of benzene rings is 2. The molecule has 0 atom stereocenters. The summed E-state index contributed by atoms with van der Waals surface area (Å²) in [7, 11) is 3.17. The standard InChI is InChI=1S/C17H19ClN2O3/c1-22-14-6-3-12(4-7-14)20-17(21)9-10-19-13-5-8-16(23-2)15(18)11-13/h3-8,11,19H,9-10H2,1-2H3,(H,20,21). The van der Waals surface area contributed by atoms with Crippen LogP contribution >= 0.6 is 11.6 Å². The van der Waals surface area contributed by atoms with Crippen LogP contribution in [0.25, 0.3) is 0 Å². The molecule has 1 amide bonds. The highest BCUT2D eigenvalue weighted by molar-refractivity contribution is 6.32. The van der Waals surface area contributed by atoms with Crippen LogP contribution in [0.3, 0.4) is 0 Å². The summed E-state index contributed by atoms with van der Waals surface area (Å²) in [6.45, 7) is 0.505. The molecule has 2 rings (SSSR count). The van der Waals surface area contributed by atoms with E-state index in [2.05, 4.69) is 10.6 Å². The summed E-state index contributed by atoms with van der Waals surface area (Å²) < 4.78 is 10.2. The Kier molecular flexibility index (Phi) is 6.11. The van der Waals surface area contributed by atoms with E-state index >= 15 is 0 Å². The van der Waals surface area contributed by atoms with E-state index in [0.717, 1.165) is 17.1 Å². The quantitative estimate of drug-likeness (QED) is 0.808. The lowest BCUT2D eigenvalue weighted by molar-refractivity contribution is -0.115. The number of anilines is 2. The van der Waals surface area contributed by atoms with Gasteiger partial charge >= 0.3 is 0 Å². The highest BCUT2D eigenvalue weighted by Gasteiger charge is 2.04. The third kappa shape index (κ3) is 5.07. The number of rotatable bonds is 7. The maximum Gasteiger partial charge on any atom is 0.226 e. The summed E-state index contributed by atoms with van der Waals surface area (Å²) in [4.78, 5) is 11.9. The lowest BCUT2D eigenvalue weighted by atomic mass is 10.2. The molecule has 0 spiro atoms. The Hall–Kier alpha value is -2.40. The van der Waals surface area contributed by atoms with Crippen molar-refractivity contribution in [2.24, 2.45) is 0 Å². The van der Waals surface area contributed by atoms with Crippen molar-refractivity contribution in [1.29, 1.82) is 0 Å². The molecule has 0 saturated carbocycles. The fourth-order valence-electron chi connectivity index (χ4n) is 1.99. The van der Waals surface area contributed by atoms with Crippen molar-refractivity contribution >= 4 is 28.9 Å². The van der Waals surface area contributed by atoms with E-state index < -0.39 is 0 Å². The normalized spacial score (nSPS) is 10.0. The average molecular weight is 335 g/mol. The van der Waals surface area contributed by atoms with Crippen LogP contribution in [0.2, 0.25) is 5.02 Å². The van der Waals surface area contributed by atoms with E-state index in [4.69, 9.17) is 21.1 Å². The van der Waals surface area contributed by atoms with Gasteiger partial charge in [0.1, 0.15) is 11.5 Å². The molecule has 0 radical (unpaired) electrons. The van der Waals surface area contributed by atoms with Crippen molar-refractivity contribution in [3.05, 3.63) is 47.5 Å². The molecule has 0 bridgehead atoms. The third-order valence-corrected chi connectivity index (χ3v) is 3.50. The second-order valence-corrected chi connectivity index (χ2v) is 5.21. The van der Waals surface area contributed by atoms with Gasteiger partial charge in [0.2, 0.25) is 5.91 Å². The average Bonchev–Trinajstić information content (AvgIpc) is 2.56. The van der Waals surface area contributed by atoms with E-state index in [1.807, 2.05) is 6.07 Å². The molecule has 0 aromatic heterocycles. The van der Waals surface area contributed by atoms with Crippen molar-refractivity contribution in [2.75, 3.05) is 31.4 Å². The minimum Gasteiger partial charge on any atom is -0.497 e. The van der Waals surface area contributed by atoms with Gasteiger partial charge in [0, 0.05) is 24.3 Å². The Morgan fingerprint density at radius 1 is 1.04 bits per heavy atom. The molecule has 2 aromatic rings. The minimum absolute atomic E-state index is 0.0673. The molecular formula is C17H19ClN2O3. The number of amides is 1. The zero-order chi connectivity index (χ0) is 16.7. The smallest absolute Gasteiger partial charge is 0.226 e. The van der Waals surface area contributed by atoms with Crippen LogP contribution in [0.5, 0.6) is 11.5 Å². The summed E-state index contributed by atoms with van der Waals surface area (Å²) in [6, 6.07) is 12.6. The van der Waals surface area contributed by atoms with Crippen molar-refractivity contribution in [1.82, 2.24) is 0 Å². The second-order valence-electron chi connectivity index (χ2n) is 4.80. The lowest BCUT2D eigenvalue weighted by Crippen LogP contribution is -2.16. The van der Waals surface area contributed by atoms with E-state index in [-0.39, 0.29) is 5.91 Å². The number of halogens is 1. The largest absolute Gasteiger partial charge is 0.497 e. The highest BCUT2D eigenvalue weighted by atomic mass is 35.5. The first-order valence-electron chi connectivity index (χ1n) is 7.13. The first-order chi connectivity index (χ1) is 11.1. The Morgan fingerprint density at radius 2 is 1.74 bits per heavy atom. The van der Waals surface area contributed by atoms with Gasteiger partial charge in [0.15, 0.2) is 0 Å². The summed E-state index contributed by atoms with van der Waals surface area (Å²) in [5.74, 6) is 1.30. The molecule has 0 aliphatic heterocycles. The van der Waals surface area contributed by atoms with Gasteiger partial charge < -0.3 is 20.1 Å². The van der Waals surface area contributed by atoms with Crippen molar-refractivity contribution in [3.63, 3.8) is 0 Å². The number of ether oxygens (including phenoxy) is 2. The Morgan fingerprint density at radius 3 is 2.35 bits per heavy atom. The summed E-state index contributed by atoms with van der Waals surface area (Å²) in [5, 5.41) is 6.51. The molecule has 6 heteroatoms. The Labute approximate surface area is 140 Å². The van der Waals surface area contributed by atoms with E-state index in [9.17, 15) is 4.79 Å². The van der Waals surface area contributed by atoms with E-state index in [0.29, 0.717) is 23.7 Å². The molecule has 2 aromatic carbocycles. The number of nitrogens with one attached hydrogen (secondary N) is 2. The molecule has 0 aliphatic carbocycles. The fraction of sp³-hybridized carbons (Fsp3) is 0.235. The summed E-state index contributed by atoms with van der Waals surface area (Å²) >= 11 is 6.05. The molecule has 0 fully saturated rings. The van der Waals surface area contributed by atoms with Gasteiger partial charge in [-0.05, 0) is 42.5 Å². The molecular weight excluding hydrogens is 316 g/mol. The van der Waals surface area contributed by atoms with Crippen LogP contribution in [0, 0.1) is 0 Å². The second kappa shape index (κ2) is 8.29. The zero-order valence-corrected chi connectivity index (χ0v) is 13.8. The topological polar surface area (TPSA) is 59.6 Å². The first kappa shape index (κ1) is 17.0. The van der Waals surface area contributed by atoms with Gasteiger partial charge in [0.25, 0.3) is 0 Å². The van der Waals surface area contributed by atoms with Gasteiger partial charge in [-0.2, -0.15) is 0 Å². The van der Waals surface area contributed by atoms with Gasteiger partial charge in [-0.25, -0.2) is 0 Å². The van der Waals surface area contributed by atoms with E-state index in [1.54, 1.807) is 50.6 Å². The predicted octanol–water partition coefficient (Wildman–Crippen LogP) is 3.80. The number of hydrogen-bond acceptors (Lipinski definition) is 4. The molecule has 2 N–H and O–H groups in total. The van der Waals surface area contributed by atoms with Crippen LogP contribution in [-0.4, -0.2) is 26.7 Å². The SMILES string of the molecule is COc1ccc(NC(=O)CCNc2ccc(OC)c(Cl)c2)cc1. The zero-order valence-electron chi connectivity index (χ0n) is 13.1. The predicted molar refractivity (Wildman–Crippen MR) is 92.7 cm³/mol. The van der Waals surface area contributed by atoms with Gasteiger partial charge in [-0.15, -0.1) is 0 Å². The molecule has 0 aliphatic rings. The molecule has 5 nitrogen and oxygen atoms in total. The number of carbonyl (C=O) groups is 1. The van der Waals surface area contributed by atoms with Crippen LogP contribution in [0.4, 0.5) is 11.4 Å². The van der Waals surface area contributed by atoms with Crippen molar-refractivity contribution in [3.8, 4) is 11.5 Å². The monoisotopic (exact) mass is 334 g/mol.